The number of ether oxygens (including phenoxy) is 1. The van der Waals surface area contributed by atoms with Crippen LogP contribution in [0, 0.1) is 0 Å². The largest absolute Gasteiger partial charge is 0.465 e. The van der Waals surface area contributed by atoms with Gasteiger partial charge in [-0.05, 0) is 73.7 Å². The van der Waals surface area contributed by atoms with Gasteiger partial charge in [0.2, 0.25) is 0 Å². The number of hydrogen-bond acceptors (Lipinski definition) is 4. The van der Waals surface area contributed by atoms with Crippen LogP contribution in [-0.2, 0) is 16.3 Å². The molecule has 1 atom stereocenters. The highest BCUT2D eigenvalue weighted by Gasteiger charge is 2.21. The molecule has 1 saturated heterocycles. The molecule has 3 rings (SSSR count). The third kappa shape index (κ3) is 5.84. The first-order valence-electron chi connectivity index (χ1n) is 9.44. The Balaban J connectivity index is 1.58. The minimum atomic E-state index is -3.19. The van der Waals surface area contributed by atoms with Crippen molar-refractivity contribution in [1.82, 2.24) is 4.90 Å². The fourth-order valence-corrected chi connectivity index (χ4v) is 4.19. The van der Waals surface area contributed by atoms with Crippen LogP contribution in [-0.4, -0.2) is 38.7 Å². The molecule has 1 aliphatic heterocycles. The van der Waals surface area contributed by atoms with Crippen molar-refractivity contribution in [2.75, 3.05) is 19.3 Å². The highest BCUT2D eigenvalue weighted by Crippen LogP contribution is 2.23. The van der Waals surface area contributed by atoms with Crippen LogP contribution in [0.15, 0.2) is 65.3 Å². The summed E-state index contributed by atoms with van der Waals surface area (Å²) in [5.41, 5.74) is 2.49. The van der Waals surface area contributed by atoms with Gasteiger partial charge in [-0.25, -0.2) is 8.42 Å². The van der Waals surface area contributed by atoms with Crippen LogP contribution in [0.1, 0.15) is 25.3 Å². The molecule has 0 amide bonds. The fourth-order valence-electron chi connectivity index (χ4n) is 3.35. The van der Waals surface area contributed by atoms with Crippen molar-refractivity contribution in [2.45, 2.75) is 37.1 Å². The number of rotatable bonds is 6. The van der Waals surface area contributed by atoms with Crippen LogP contribution in [0.2, 0.25) is 5.02 Å². The number of nitrogens with zero attached hydrogens (tertiary/aromatic N) is 1. The Hall–Kier alpha value is -1.82. The maximum atomic E-state index is 11.5. The summed E-state index contributed by atoms with van der Waals surface area (Å²) in [5, 5.41) is 0.778. The van der Waals surface area contributed by atoms with Gasteiger partial charge in [0.05, 0.1) is 11.2 Å². The van der Waals surface area contributed by atoms with Crippen molar-refractivity contribution >= 4 is 21.4 Å². The summed E-state index contributed by atoms with van der Waals surface area (Å²) >= 11 is 6.08. The molecule has 0 saturated carbocycles. The Kier molecular flexibility index (Phi) is 6.81. The Bertz CT molecular complexity index is 939. The van der Waals surface area contributed by atoms with E-state index in [0.717, 1.165) is 37.4 Å². The minimum absolute atomic E-state index is 0.297. The van der Waals surface area contributed by atoms with Crippen LogP contribution < -0.4 is 4.74 Å². The normalized spacial score (nSPS) is 19.7. The number of likely N-dealkylation sites (tertiary alicyclic amines) is 1. The van der Waals surface area contributed by atoms with Crippen molar-refractivity contribution in [3.05, 3.63) is 71.0 Å². The fraction of sp³-hybridized carbons (Fsp3) is 0.364. The van der Waals surface area contributed by atoms with E-state index >= 15 is 0 Å². The molecule has 28 heavy (non-hydrogen) atoms. The Morgan fingerprint density at radius 2 is 1.96 bits per heavy atom. The van der Waals surface area contributed by atoms with Gasteiger partial charge in [0.15, 0.2) is 9.84 Å². The standard InChI is InChI=1S/C22H26ClNO3S/c1-17-6-7-19(15-24(17)13-12-18-4-3-5-20(23)14-18)16-27-21-8-10-22(11-9-21)28(2,25)26/h3-5,8-11,14,16-17H,6-7,12-13,15H2,1-2H3/b19-16+/t17-/m0/s1. The van der Waals surface area contributed by atoms with Crippen molar-refractivity contribution in [3.63, 3.8) is 0 Å². The summed E-state index contributed by atoms with van der Waals surface area (Å²) in [4.78, 5) is 2.76. The molecule has 1 heterocycles. The average Bonchev–Trinajstić information content (AvgIpc) is 2.66. The molecular weight excluding hydrogens is 394 g/mol. The molecule has 1 aliphatic rings. The zero-order valence-electron chi connectivity index (χ0n) is 16.3. The van der Waals surface area contributed by atoms with E-state index in [4.69, 9.17) is 16.3 Å². The predicted octanol–water partition coefficient (Wildman–Crippen LogP) is 4.73. The second-order valence-electron chi connectivity index (χ2n) is 7.38. The van der Waals surface area contributed by atoms with E-state index in [0.29, 0.717) is 16.7 Å². The summed E-state index contributed by atoms with van der Waals surface area (Å²) in [7, 11) is -3.19. The highest BCUT2D eigenvalue weighted by molar-refractivity contribution is 7.90. The maximum absolute atomic E-state index is 11.5. The van der Waals surface area contributed by atoms with Gasteiger partial charge < -0.3 is 4.74 Å². The SMILES string of the molecule is C[C@H]1CC/C(=C\Oc2ccc(S(C)(=O)=O)cc2)CN1CCc1cccc(Cl)c1. The van der Waals surface area contributed by atoms with Crippen LogP contribution in [0.5, 0.6) is 5.75 Å². The van der Waals surface area contributed by atoms with Crippen molar-refractivity contribution in [1.29, 1.82) is 0 Å². The summed E-state index contributed by atoms with van der Waals surface area (Å²) in [6.45, 7) is 4.12. The van der Waals surface area contributed by atoms with E-state index in [1.807, 2.05) is 24.5 Å². The first-order chi connectivity index (χ1) is 13.3. The first-order valence-corrected chi connectivity index (χ1v) is 11.7. The molecule has 150 valence electrons. The molecule has 0 bridgehead atoms. The molecule has 0 unspecified atom stereocenters. The zero-order chi connectivity index (χ0) is 20.1. The second-order valence-corrected chi connectivity index (χ2v) is 9.83. The number of sulfone groups is 1. The number of hydrogen-bond donors (Lipinski definition) is 0. The first kappa shape index (κ1) is 20.9. The summed E-state index contributed by atoms with van der Waals surface area (Å²) < 4.78 is 28.8. The van der Waals surface area contributed by atoms with E-state index in [-0.39, 0.29) is 0 Å². The molecule has 0 N–H and O–H groups in total. The van der Waals surface area contributed by atoms with Crippen LogP contribution >= 0.6 is 11.6 Å². The summed E-state index contributed by atoms with van der Waals surface area (Å²) in [5.74, 6) is 0.643. The topological polar surface area (TPSA) is 46.6 Å². The lowest BCUT2D eigenvalue weighted by atomic mass is 9.99. The van der Waals surface area contributed by atoms with Crippen LogP contribution in [0.3, 0.4) is 0 Å². The molecule has 2 aromatic carbocycles. The third-order valence-electron chi connectivity index (χ3n) is 5.10. The average molecular weight is 420 g/mol. The van der Waals surface area contributed by atoms with Crippen molar-refractivity contribution in [2.24, 2.45) is 0 Å². The van der Waals surface area contributed by atoms with Crippen molar-refractivity contribution in [3.8, 4) is 5.75 Å². The second kappa shape index (κ2) is 9.12. The molecule has 1 fully saturated rings. The molecule has 2 aromatic rings. The molecule has 6 heteroatoms. The van der Waals surface area contributed by atoms with Gasteiger partial charge >= 0.3 is 0 Å². The molecule has 0 aromatic heterocycles. The lowest BCUT2D eigenvalue weighted by Crippen LogP contribution is -2.40. The predicted molar refractivity (Wildman–Crippen MR) is 114 cm³/mol. The quantitative estimate of drug-likeness (QED) is 0.635. The Labute approximate surface area is 172 Å². The molecule has 0 spiro atoms. The molecule has 0 aliphatic carbocycles. The van der Waals surface area contributed by atoms with E-state index in [1.54, 1.807) is 24.3 Å². The van der Waals surface area contributed by atoms with Gasteiger partial charge in [0.1, 0.15) is 5.75 Å². The number of benzene rings is 2. The Morgan fingerprint density at radius 3 is 2.64 bits per heavy atom. The van der Waals surface area contributed by atoms with Gasteiger partial charge in [-0.1, -0.05) is 23.7 Å². The summed E-state index contributed by atoms with van der Waals surface area (Å²) in [6, 6.07) is 15.1. The molecule has 4 nitrogen and oxygen atoms in total. The summed E-state index contributed by atoms with van der Waals surface area (Å²) in [6.07, 6.45) is 6.08. The van der Waals surface area contributed by atoms with Gasteiger partial charge in [0, 0.05) is 30.4 Å². The highest BCUT2D eigenvalue weighted by atomic mass is 35.5. The van der Waals surface area contributed by atoms with E-state index in [9.17, 15) is 8.42 Å². The van der Waals surface area contributed by atoms with E-state index in [1.165, 1.54) is 17.4 Å². The Morgan fingerprint density at radius 1 is 1.21 bits per heavy atom. The van der Waals surface area contributed by atoms with Gasteiger partial charge in [-0.3, -0.25) is 4.90 Å². The minimum Gasteiger partial charge on any atom is -0.465 e. The van der Waals surface area contributed by atoms with Gasteiger partial charge in [0.25, 0.3) is 0 Å². The van der Waals surface area contributed by atoms with Gasteiger partial charge in [-0.15, -0.1) is 0 Å². The van der Waals surface area contributed by atoms with E-state index in [2.05, 4.69) is 17.9 Å². The lowest BCUT2D eigenvalue weighted by Gasteiger charge is -2.34. The van der Waals surface area contributed by atoms with Crippen LogP contribution in [0.4, 0.5) is 0 Å². The molecular formula is C22H26ClNO3S. The van der Waals surface area contributed by atoms with Crippen LogP contribution in [0.25, 0.3) is 0 Å². The van der Waals surface area contributed by atoms with Gasteiger partial charge in [-0.2, -0.15) is 0 Å². The number of halogens is 1. The van der Waals surface area contributed by atoms with Crippen molar-refractivity contribution < 1.29 is 13.2 Å². The maximum Gasteiger partial charge on any atom is 0.175 e. The monoisotopic (exact) mass is 419 g/mol. The van der Waals surface area contributed by atoms with E-state index < -0.39 is 9.84 Å². The molecule has 0 radical (unpaired) electrons. The lowest BCUT2D eigenvalue weighted by molar-refractivity contribution is 0.191. The zero-order valence-corrected chi connectivity index (χ0v) is 17.8. The third-order valence-corrected chi connectivity index (χ3v) is 6.47. The smallest absolute Gasteiger partial charge is 0.175 e. The number of piperidine rings is 1.